The minimum atomic E-state index is -5.08. The van der Waals surface area contributed by atoms with Gasteiger partial charge in [0.05, 0.1) is 11.7 Å². The van der Waals surface area contributed by atoms with Crippen LogP contribution in [0.4, 0.5) is 13.2 Å². The van der Waals surface area contributed by atoms with E-state index in [2.05, 4.69) is 19.0 Å². The van der Waals surface area contributed by atoms with Gasteiger partial charge in [-0.15, -0.1) is 0 Å². The molecule has 2 aliphatic heterocycles. The summed E-state index contributed by atoms with van der Waals surface area (Å²) < 4.78 is 43.9. The average Bonchev–Trinajstić information content (AvgIpc) is 3.09. The van der Waals surface area contributed by atoms with Crippen molar-refractivity contribution in [3.8, 4) is 5.75 Å². The predicted molar refractivity (Wildman–Crippen MR) is 112 cm³/mol. The molecule has 0 saturated carbocycles. The Morgan fingerprint density at radius 3 is 2.53 bits per heavy atom. The van der Waals surface area contributed by atoms with Crippen LogP contribution in [0.5, 0.6) is 5.75 Å². The van der Waals surface area contributed by atoms with Gasteiger partial charge in [0.15, 0.2) is 6.61 Å². The van der Waals surface area contributed by atoms with Crippen molar-refractivity contribution >= 4 is 11.9 Å². The van der Waals surface area contributed by atoms with Crippen molar-refractivity contribution in [1.29, 1.82) is 0 Å². The molecule has 7 nitrogen and oxygen atoms in total. The molecule has 2 heterocycles. The Morgan fingerprint density at radius 1 is 1.28 bits per heavy atom. The Bertz CT molecular complexity index is 787. The average molecular weight is 460 g/mol. The highest BCUT2D eigenvalue weighted by atomic mass is 19.4. The van der Waals surface area contributed by atoms with Crippen molar-refractivity contribution in [2.24, 2.45) is 0 Å². The highest BCUT2D eigenvalue weighted by Crippen LogP contribution is 2.36. The summed E-state index contributed by atoms with van der Waals surface area (Å²) in [4.78, 5) is 25.5. The number of nitrogens with zero attached hydrogens (tertiary/aromatic N) is 2. The molecule has 0 aromatic heterocycles. The van der Waals surface area contributed by atoms with Crippen molar-refractivity contribution < 1.29 is 37.3 Å². The highest BCUT2D eigenvalue weighted by molar-refractivity contribution is 5.78. The Morgan fingerprint density at radius 2 is 1.94 bits per heavy atom. The summed E-state index contributed by atoms with van der Waals surface area (Å²) in [7, 11) is 4.16. The molecule has 10 heteroatoms. The molecule has 1 amide bonds. The number of para-hydroxylation sites is 1. The summed E-state index contributed by atoms with van der Waals surface area (Å²) in [6.45, 7) is 4.51. The lowest BCUT2D eigenvalue weighted by Gasteiger charge is -2.39. The molecular weight excluding hydrogens is 429 g/mol. The zero-order valence-corrected chi connectivity index (χ0v) is 18.7. The van der Waals surface area contributed by atoms with Gasteiger partial charge in [0, 0.05) is 19.6 Å². The topological polar surface area (TPSA) is 79.3 Å². The molecule has 2 saturated heterocycles. The molecule has 2 atom stereocenters. The van der Waals surface area contributed by atoms with Gasteiger partial charge in [-0.1, -0.05) is 18.2 Å². The number of aliphatic carboxylic acids is 1. The second-order valence-corrected chi connectivity index (χ2v) is 8.50. The van der Waals surface area contributed by atoms with Gasteiger partial charge in [0.1, 0.15) is 5.75 Å². The van der Waals surface area contributed by atoms with Crippen LogP contribution in [0.25, 0.3) is 0 Å². The number of alkyl halides is 3. The molecule has 2 fully saturated rings. The number of carboxylic acids is 1. The number of aryl methyl sites for hydroxylation is 1. The van der Waals surface area contributed by atoms with Crippen molar-refractivity contribution in [1.82, 2.24) is 9.80 Å². The summed E-state index contributed by atoms with van der Waals surface area (Å²) in [6.07, 6.45) is -0.515. The van der Waals surface area contributed by atoms with Crippen molar-refractivity contribution in [2.75, 3.05) is 40.3 Å². The monoisotopic (exact) mass is 460 g/mol. The van der Waals surface area contributed by atoms with Crippen LogP contribution in [0.3, 0.4) is 0 Å². The third kappa shape index (κ3) is 7.67. The molecule has 1 aromatic carbocycles. The minimum absolute atomic E-state index is 0.0541. The van der Waals surface area contributed by atoms with Crippen LogP contribution in [0.1, 0.15) is 31.2 Å². The molecule has 1 spiro atoms. The van der Waals surface area contributed by atoms with Gasteiger partial charge in [-0.25, -0.2) is 4.79 Å². The van der Waals surface area contributed by atoms with Gasteiger partial charge in [-0.3, -0.25) is 4.79 Å². The zero-order valence-electron chi connectivity index (χ0n) is 18.7. The number of hydrogen-bond donors (Lipinski definition) is 1. The number of amides is 1. The van der Waals surface area contributed by atoms with Gasteiger partial charge >= 0.3 is 12.1 Å². The molecular formula is C22H31F3N2O5. The number of benzene rings is 1. The third-order valence-corrected chi connectivity index (χ3v) is 5.50. The lowest BCUT2D eigenvalue weighted by Crippen LogP contribution is -2.47. The van der Waals surface area contributed by atoms with E-state index in [0.29, 0.717) is 6.54 Å². The third-order valence-electron chi connectivity index (χ3n) is 5.50. The standard InChI is InChI=1S/C20H30N2O3.C2HF3O2/c1-16-7-4-5-9-18(16)24-14-19(23)22-12-11-20(15-22)10-6-8-17(25-20)13-21(2)3;3-2(4,5)1(6)7/h4-5,7,9,17H,6,8,10-15H2,1-3H3;(H,6,7)/t17-,20+;/m0./s1. The Balaban J connectivity index is 0.000000451. The normalized spacial score (nSPS) is 23.1. The zero-order chi connectivity index (χ0) is 23.9. The van der Waals surface area contributed by atoms with Gasteiger partial charge in [-0.2, -0.15) is 13.2 Å². The highest BCUT2D eigenvalue weighted by Gasteiger charge is 2.44. The second-order valence-electron chi connectivity index (χ2n) is 8.50. The number of likely N-dealkylation sites (N-methyl/N-ethyl adjacent to an activating group) is 1. The van der Waals surface area contributed by atoms with Gasteiger partial charge in [-0.05, 0) is 58.3 Å². The summed E-state index contributed by atoms with van der Waals surface area (Å²) in [6, 6.07) is 7.80. The number of carbonyl (C=O) groups excluding carboxylic acids is 1. The molecule has 180 valence electrons. The summed E-state index contributed by atoms with van der Waals surface area (Å²) in [5.41, 5.74) is 0.910. The van der Waals surface area contributed by atoms with E-state index in [0.717, 1.165) is 43.7 Å². The molecule has 1 aromatic rings. The fraction of sp³-hybridized carbons (Fsp3) is 0.636. The van der Waals surface area contributed by atoms with Gasteiger partial charge in [0.25, 0.3) is 5.91 Å². The molecule has 0 radical (unpaired) electrons. The van der Waals surface area contributed by atoms with E-state index >= 15 is 0 Å². The Kier molecular flexibility index (Phi) is 8.91. The van der Waals surface area contributed by atoms with Crippen LogP contribution < -0.4 is 4.74 Å². The van der Waals surface area contributed by atoms with Crippen LogP contribution in [0, 0.1) is 6.92 Å². The fourth-order valence-electron chi connectivity index (χ4n) is 3.97. The van der Waals surface area contributed by atoms with Gasteiger partial charge in [0.2, 0.25) is 0 Å². The quantitative estimate of drug-likeness (QED) is 0.728. The summed E-state index contributed by atoms with van der Waals surface area (Å²) in [5.74, 6) is -1.92. The molecule has 1 N–H and O–H groups in total. The first-order valence-corrected chi connectivity index (χ1v) is 10.5. The number of rotatable bonds is 5. The number of halogens is 3. The van der Waals surface area contributed by atoms with E-state index < -0.39 is 12.1 Å². The van der Waals surface area contributed by atoms with E-state index in [4.69, 9.17) is 19.4 Å². The number of likely N-dealkylation sites (tertiary alicyclic amines) is 1. The van der Waals surface area contributed by atoms with Crippen molar-refractivity contribution in [3.05, 3.63) is 29.8 Å². The van der Waals surface area contributed by atoms with E-state index in [1.165, 1.54) is 6.42 Å². The Hall–Kier alpha value is -2.33. The number of carboxylic acid groups (broad SMARTS) is 1. The van der Waals surface area contributed by atoms with E-state index in [-0.39, 0.29) is 24.2 Å². The summed E-state index contributed by atoms with van der Waals surface area (Å²) in [5, 5.41) is 7.12. The maximum Gasteiger partial charge on any atom is 0.490 e. The maximum absolute atomic E-state index is 12.6. The largest absolute Gasteiger partial charge is 0.490 e. The molecule has 0 unspecified atom stereocenters. The van der Waals surface area contributed by atoms with Gasteiger partial charge < -0.3 is 24.4 Å². The van der Waals surface area contributed by atoms with Crippen LogP contribution in [-0.2, 0) is 14.3 Å². The first-order valence-electron chi connectivity index (χ1n) is 10.5. The SMILES string of the molecule is Cc1ccccc1OCC(=O)N1CC[C@]2(CCC[C@@H](CN(C)C)O2)C1.O=C(O)C(F)(F)F. The van der Waals surface area contributed by atoms with E-state index in [9.17, 15) is 18.0 Å². The number of carbonyl (C=O) groups is 2. The van der Waals surface area contributed by atoms with Crippen LogP contribution >= 0.6 is 0 Å². The lowest BCUT2D eigenvalue weighted by atomic mass is 9.90. The number of ether oxygens (including phenoxy) is 2. The second kappa shape index (κ2) is 11.0. The van der Waals surface area contributed by atoms with Crippen LogP contribution in [0.15, 0.2) is 24.3 Å². The van der Waals surface area contributed by atoms with E-state index in [1.54, 1.807) is 0 Å². The molecule has 32 heavy (non-hydrogen) atoms. The molecule has 2 aliphatic rings. The molecule has 3 rings (SSSR count). The molecule has 0 bridgehead atoms. The first-order chi connectivity index (χ1) is 14.9. The summed E-state index contributed by atoms with van der Waals surface area (Å²) >= 11 is 0. The van der Waals surface area contributed by atoms with Crippen LogP contribution in [0.2, 0.25) is 0 Å². The number of hydrogen-bond acceptors (Lipinski definition) is 5. The van der Waals surface area contributed by atoms with Crippen LogP contribution in [-0.4, -0.2) is 85.0 Å². The van der Waals surface area contributed by atoms with Crippen molar-refractivity contribution in [3.63, 3.8) is 0 Å². The maximum atomic E-state index is 12.6. The smallest absolute Gasteiger partial charge is 0.484 e. The minimum Gasteiger partial charge on any atom is -0.484 e. The van der Waals surface area contributed by atoms with E-state index in [1.807, 2.05) is 36.1 Å². The van der Waals surface area contributed by atoms with Crippen molar-refractivity contribution in [2.45, 2.75) is 50.5 Å². The fourth-order valence-corrected chi connectivity index (χ4v) is 3.97. The lowest BCUT2D eigenvalue weighted by molar-refractivity contribution is -0.192. The Labute approximate surface area is 186 Å². The predicted octanol–water partition coefficient (Wildman–Crippen LogP) is 3.11. The first kappa shape index (κ1) is 25.9. The molecule has 0 aliphatic carbocycles.